The summed E-state index contributed by atoms with van der Waals surface area (Å²) in [7, 11) is 0. The molecule has 152 valence electrons. The number of imidazole rings is 1. The second-order valence-corrected chi connectivity index (χ2v) is 7.03. The van der Waals surface area contributed by atoms with E-state index in [0.717, 1.165) is 5.56 Å². The molecule has 1 aromatic carbocycles. The van der Waals surface area contributed by atoms with Gasteiger partial charge in [0.05, 0.1) is 18.8 Å². The summed E-state index contributed by atoms with van der Waals surface area (Å²) in [5, 5.41) is 10.6. The Labute approximate surface area is 164 Å². The molecular formula is C19H19F3N6O. The largest absolute Gasteiger partial charge is 0.392 e. The standard InChI is InChI=1S/C19H19F3N6O/c20-19(21,22)15-5-7-28-16(9-15)25-26-17(28)10-24-18(29)14-3-1-13(2-4-14)11-27-8-6-23-12-27/h1-4,6,8,12,15H,5,7,9-11H2,(H,24,29)/t15-/m0/s1. The first-order chi connectivity index (χ1) is 13.9. The van der Waals surface area contributed by atoms with Gasteiger partial charge in [0.2, 0.25) is 0 Å². The Bertz CT molecular complexity index is 979. The number of nitrogens with zero attached hydrogens (tertiary/aromatic N) is 5. The van der Waals surface area contributed by atoms with E-state index in [1.807, 2.05) is 22.9 Å². The van der Waals surface area contributed by atoms with Crippen molar-refractivity contribution in [2.75, 3.05) is 0 Å². The Kier molecular flexibility index (Phi) is 5.08. The average Bonchev–Trinajstić information content (AvgIpc) is 3.35. The lowest BCUT2D eigenvalue weighted by Gasteiger charge is -2.25. The number of benzene rings is 1. The number of nitrogens with one attached hydrogen (secondary N) is 1. The van der Waals surface area contributed by atoms with Gasteiger partial charge in [0.25, 0.3) is 5.91 Å². The summed E-state index contributed by atoms with van der Waals surface area (Å²) in [5.74, 6) is -0.889. The van der Waals surface area contributed by atoms with Gasteiger partial charge in [0, 0.05) is 37.5 Å². The molecule has 0 bridgehead atoms. The topological polar surface area (TPSA) is 77.6 Å². The number of hydrogen-bond acceptors (Lipinski definition) is 4. The Morgan fingerprint density at radius 1 is 1.21 bits per heavy atom. The van der Waals surface area contributed by atoms with Crippen LogP contribution in [0.3, 0.4) is 0 Å². The molecule has 2 aromatic heterocycles. The van der Waals surface area contributed by atoms with E-state index in [0.29, 0.717) is 23.8 Å². The second kappa shape index (κ2) is 7.69. The molecule has 1 aliphatic rings. The van der Waals surface area contributed by atoms with E-state index in [2.05, 4.69) is 20.5 Å². The third-order valence-corrected chi connectivity index (χ3v) is 5.04. The van der Waals surface area contributed by atoms with Gasteiger partial charge in [-0.3, -0.25) is 4.79 Å². The Morgan fingerprint density at radius 2 is 2.00 bits per heavy atom. The van der Waals surface area contributed by atoms with Crippen molar-refractivity contribution in [1.82, 2.24) is 29.6 Å². The molecule has 1 N–H and O–H groups in total. The maximum Gasteiger partial charge on any atom is 0.392 e. The van der Waals surface area contributed by atoms with Crippen molar-refractivity contribution in [3.05, 3.63) is 65.8 Å². The molecule has 29 heavy (non-hydrogen) atoms. The quantitative estimate of drug-likeness (QED) is 0.709. The summed E-state index contributed by atoms with van der Waals surface area (Å²) in [6.07, 6.45) is 0.869. The fraction of sp³-hybridized carbons (Fsp3) is 0.368. The van der Waals surface area contributed by atoms with Gasteiger partial charge >= 0.3 is 6.18 Å². The number of carbonyl (C=O) groups excluding carboxylic acids is 1. The lowest BCUT2D eigenvalue weighted by molar-refractivity contribution is -0.179. The van der Waals surface area contributed by atoms with Crippen LogP contribution in [0.1, 0.15) is 34.0 Å². The normalized spacial score (nSPS) is 16.4. The smallest absolute Gasteiger partial charge is 0.345 e. The first kappa shape index (κ1) is 19.2. The van der Waals surface area contributed by atoms with Crippen LogP contribution in [0.25, 0.3) is 0 Å². The van der Waals surface area contributed by atoms with Crippen LogP contribution in [0.5, 0.6) is 0 Å². The van der Waals surface area contributed by atoms with Crippen LogP contribution in [0.2, 0.25) is 0 Å². The predicted molar refractivity (Wildman–Crippen MR) is 96.8 cm³/mol. The third kappa shape index (κ3) is 4.30. The molecule has 1 amide bonds. The molecule has 1 atom stereocenters. The molecule has 0 saturated carbocycles. The van der Waals surface area contributed by atoms with Crippen LogP contribution in [0.15, 0.2) is 43.0 Å². The Balaban J connectivity index is 1.35. The maximum absolute atomic E-state index is 12.9. The molecule has 0 radical (unpaired) electrons. The summed E-state index contributed by atoms with van der Waals surface area (Å²) in [4.78, 5) is 16.4. The monoisotopic (exact) mass is 404 g/mol. The highest BCUT2D eigenvalue weighted by Crippen LogP contribution is 2.34. The van der Waals surface area contributed by atoms with Crippen molar-refractivity contribution in [3.8, 4) is 0 Å². The van der Waals surface area contributed by atoms with E-state index in [1.165, 1.54) is 0 Å². The summed E-state index contributed by atoms with van der Waals surface area (Å²) in [6, 6.07) is 7.19. The number of halogens is 3. The zero-order valence-corrected chi connectivity index (χ0v) is 15.4. The number of hydrogen-bond donors (Lipinski definition) is 1. The lowest BCUT2D eigenvalue weighted by Crippen LogP contribution is -2.32. The van der Waals surface area contributed by atoms with Gasteiger partial charge in [0.1, 0.15) is 5.82 Å². The number of rotatable bonds is 5. The summed E-state index contributed by atoms with van der Waals surface area (Å²) >= 11 is 0. The van der Waals surface area contributed by atoms with Crippen LogP contribution in [-0.2, 0) is 26.1 Å². The molecule has 1 aliphatic heterocycles. The fourth-order valence-corrected chi connectivity index (χ4v) is 3.41. The van der Waals surface area contributed by atoms with Gasteiger partial charge in [0.15, 0.2) is 5.82 Å². The molecule has 7 nitrogen and oxygen atoms in total. The van der Waals surface area contributed by atoms with Crippen LogP contribution >= 0.6 is 0 Å². The molecule has 10 heteroatoms. The summed E-state index contributed by atoms with van der Waals surface area (Å²) < 4.78 is 42.3. The van der Waals surface area contributed by atoms with Crippen LogP contribution in [-0.4, -0.2) is 36.4 Å². The number of carbonyl (C=O) groups is 1. The number of alkyl halides is 3. The van der Waals surface area contributed by atoms with Crippen molar-refractivity contribution in [3.63, 3.8) is 0 Å². The van der Waals surface area contributed by atoms with Crippen molar-refractivity contribution in [2.45, 2.75) is 38.7 Å². The number of fused-ring (bicyclic) bond motifs is 1. The van der Waals surface area contributed by atoms with E-state index in [9.17, 15) is 18.0 Å². The highest BCUT2D eigenvalue weighted by molar-refractivity contribution is 5.94. The minimum Gasteiger partial charge on any atom is -0.345 e. The van der Waals surface area contributed by atoms with Crippen molar-refractivity contribution >= 4 is 5.91 Å². The van der Waals surface area contributed by atoms with Crippen LogP contribution < -0.4 is 5.32 Å². The third-order valence-electron chi connectivity index (χ3n) is 5.04. The molecule has 3 heterocycles. The highest BCUT2D eigenvalue weighted by Gasteiger charge is 2.42. The number of aromatic nitrogens is 5. The molecule has 0 aliphatic carbocycles. The summed E-state index contributed by atoms with van der Waals surface area (Å²) in [5.41, 5.74) is 1.53. The van der Waals surface area contributed by atoms with E-state index in [1.54, 1.807) is 29.2 Å². The molecule has 3 aromatic rings. The predicted octanol–water partition coefficient (Wildman–Crippen LogP) is 2.58. The van der Waals surface area contributed by atoms with E-state index < -0.39 is 12.1 Å². The molecular weight excluding hydrogens is 385 g/mol. The first-order valence-corrected chi connectivity index (χ1v) is 9.20. The molecule has 0 unspecified atom stereocenters. The second-order valence-electron chi connectivity index (χ2n) is 7.03. The fourth-order valence-electron chi connectivity index (χ4n) is 3.41. The average molecular weight is 404 g/mol. The van der Waals surface area contributed by atoms with E-state index in [-0.39, 0.29) is 31.8 Å². The Morgan fingerprint density at radius 3 is 2.69 bits per heavy atom. The van der Waals surface area contributed by atoms with Gasteiger partial charge in [-0.05, 0) is 24.1 Å². The molecule has 0 saturated heterocycles. The zero-order valence-electron chi connectivity index (χ0n) is 15.4. The number of amides is 1. The minimum atomic E-state index is -4.23. The van der Waals surface area contributed by atoms with Gasteiger partial charge in [-0.1, -0.05) is 12.1 Å². The maximum atomic E-state index is 12.9. The SMILES string of the molecule is O=C(NCc1nnc2n1CC[C@H](C(F)(F)F)C2)c1ccc(Cn2ccnc2)cc1. The highest BCUT2D eigenvalue weighted by atomic mass is 19.4. The van der Waals surface area contributed by atoms with Crippen molar-refractivity contribution in [2.24, 2.45) is 5.92 Å². The van der Waals surface area contributed by atoms with E-state index in [4.69, 9.17) is 0 Å². The van der Waals surface area contributed by atoms with Crippen molar-refractivity contribution < 1.29 is 18.0 Å². The zero-order chi connectivity index (χ0) is 20.4. The van der Waals surface area contributed by atoms with E-state index >= 15 is 0 Å². The molecule has 4 rings (SSSR count). The molecule has 0 spiro atoms. The minimum absolute atomic E-state index is 0.00609. The molecule has 0 fully saturated rings. The Hall–Kier alpha value is -3.17. The first-order valence-electron chi connectivity index (χ1n) is 9.20. The van der Waals surface area contributed by atoms with Crippen LogP contribution in [0.4, 0.5) is 13.2 Å². The van der Waals surface area contributed by atoms with Crippen molar-refractivity contribution in [1.29, 1.82) is 0 Å². The summed E-state index contributed by atoms with van der Waals surface area (Å²) in [6.45, 7) is 0.965. The van der Waals surface area contributed by atoms with Gasteiger partial charge in [-0.25, -0.2) is 4.98 Å². The lowest BCUT2D eigenvalue weighted by atomic mass is 9.97. The van der Waals surface area contributed by atoms with Gasteiger partial charge in [-0.2, -0.15) is 13.2 Å². The van der Waals surface area contributed by atoms with Gasteiger partial charge < -0.3 is 14.5 Å². The van der Waals surface area contributed by atoms with Crippen LogP contribution in [0, 0.1) is 5.92 Å². The van der Waals surface area contributed by atoms with Gasteiger partial charge in [-0.15, -0.1) is 10.2 Å².